The Morgan fingerprint density at radius 1 is 0.850 bits per heavy atom. The quantitative estimate of drug-likeness (QED) is 0.0854. The summed E-state index contributed by atoms with van der Waals surface area (Å²) in [6.45, 7) is 5.15. The zero-order chi connectivity index (χ0) is 29.9. The third-order valence-corrected chi connectivity index (χ3v) is 5.90. The van der Waals surface area contributed by atoms with Crippen molar-refractivity contribution in [1.29, 1.82) is 0 Å². The van der Waals surface area contributed by atoms with Crippen LogP contribution in [0.1, 0.15) is 52.0 Å². The van der Waals surface area contributed by atoms with Crippen molar-refractivity contribution in [3.05, 3.63) is 29.8 Å². The Hall–Kier alpha value is -3.68. The van der Waals surface area contributed by atoms with E-state index in [0.717, 1.165) is 12.8 Å². The molecule has 14 heteroatoms. The molecule has 40 heavy (non-hydrogen) atoms. The molecule has 0 aliphatic heterocycles. The molecule has 0 fully saturated rings. The first-order chi connectivity index (χ1) is 19.0. The van der Waals surface area contributed by atoms with Crippen LogP contribution in [0.25, 0.3) is 0 Å². The number of nitrogens with one attached hydrogen (secondary N) is 6. The Bertz CT molecular complexity index is 1000. The number of hydrogen-bond acceptors (Lipinski definition) is 7. The predicted molar refractivity (Wildman–Crippen MR) is 152 cm³/mol. The smallest absolute Gasteiger partial charge is 0.408 e. The van der Waals surface area contributed by atoms with E-state index in [2.05, 4.69) is 47.8 Å². The summed E-state index contributed by atoms with van der Waals surface area (Å²) in [5.74, 6) is -1.71. The van der Waals surface area contributed by atoms with Crippen LogP contribution >= 0.6 is 15.9 Å². The maximum Gasteiger partial charge on any atom is 0.408 e. The topological polar surface area (TPSA) is 184 Å². The molecular weight excluding hydrogens is 588 g/mol. The summed E-state index contributed by atoms with van der Waals surface area (Å²) in [6.07, 6.45) is 1.71. The molecule has 6 N–H and O–H groups in total. The van der Waals surface area contributed by atoms with Gasteiger partial charge in [-0.25, -0.2) is 4.79 Å². The number of benzene rings is 1. The molecule has 0 heterocycles. The van der Waals surface area contributed by atoms with Crippen LogP contribution in [0.3, 0.4) is 0 Å². The highest BCUT2D eigenvalue weighted by Gasteiger charge is 2.24. The third kappa shape index (κ3) is 15.7. The molecule has 0 aliphatic rings. The molecule has 0 radical (unpaired) electrons. The molecule has 0 bridgehead atoms. The first-order valence-electron chi connectivity index (χ1n) is 12.9. The van der Waals surface area contributed by atoms with E-state index in [0.29, 0.717) is 24.2 Å². The molecule has 222 valence electrons. The summed E-state index contributed by atoms with van der Waals surface area (Å²) in [4.78, 5) is 70.8. The molecule has 13 nitrogen and oxygen atoms in total. The Morgan fingerprint density at radius 3 is 2.17 bits per heavy atom. The minimum atomic E-state index is -0.784. The number of alkyl carbamates (subject to hydrolysis) is 1. The Balaban J connectivity index is 2.37. The van der Waals surface area contributed by atoms with E-state index in [1.54, 1.807) is 38.1 Å². The molecule has 0 spiro atoms. The van der Waals surface area contributed by atoms with Crippen molar-refractivity contribution < 1.29 is 33.5 Å². The van der Waals surface area contributed by atoms with Crippen molar-refractivity contribution in [2.45, 2.75) is 59.1 Å². The average Bonchev–Trinajstić information content (AvgIpc) is 2.91. The van der Waals surface area contributed by atoms with Crippen LogP contribution in [0.2, 0.25) is 0 Å². The van der Waals surface area contributed by atoms with Crippen molar-refractivity contribution in [2.75, 3.05) is 30.4 Å². The third-order valence-electron chi connectivity index (χ3n) is 5.39. The standard InChI is InChI=1S/C26H39BrN6O7/c1-17(2)24(33-21(35)7-5-4-6-12-28-22(36)13-27)25(38)29-14-23(37)32-20-10-8-19(9-11-20)15-40-26(39)31-16-30-18(3)34/h8-11,17,24H,4-7,12-16H2,1-3H3,(H,28,36)(H,29,38)(H,30,34)(H,31,39)(H,32,37)(H,33,35). The Kier molecular flexibility index (Phi) is 16.6. The number of ether oxygens (including phenoxy) is 1. The second-order valence-electron chi connectivity index (χ2n) is 9.21. The number of anilines is 1. The Labute approximate surface area is 242 Å². The summed E-state index contributed by atoms with van der Waals surface area (Å²) in [7, 11) is 0. The first kappa shape index (κ1) is 34.3. The molecule has 0 saturated heterocycles. The van der Waals surface area contributed by atoms with Crippen LogP contribution in [0, 0.1) is 5.92 Å². The van der Waals surface area contributed by atoms with Gasteiger partial charge >= 0.3 is 6.09 Å². The molecule has 1 aromatic rings. The zero-order valence-electron chi connectivity index (χ0n) is 23.1. The van der Waals surface area contributed by atoms with Crippen molar-refractivity contribution in [2.24, 2.45) is 5.92 Å². The number of amides is 6. The molecule has 1 rings (SSSR count). The van der Waals surface area contributed by atoms with E-state index in [1.165, 1.54) is 6.92 Å². The number of hydrogen-bond donors (Lipinski definition) is 6. The fraction of sp³-hybridized carbons (Fsp3) is 0.538. The van der Waals surface area contributed by atoms with Crippen LogP contribution in [-0.4, -0.2) is 66.8 Å². The van der Waals surface area contributed by atoms with Gasteiger partial charge in [-0.3, -0.25) is 24.0 Å². The average molecular weight is 628 g/mol. The van der Waals surface area contributed by atoms with E-state index in [9.17, 15) is 28.8 Å². The lowest BCUT2D eigenvalue weighted by Crippen LogP contribution is -2.51. The van der Waals surface area contributed by atoms with Gasteiger partial charge in [0.15, 0.2) is 0 Å². The summed E-state index contributed by atoms with van der Waals surface area (Å²) < 4.78 is 5.03. The van der Waals surface area contributed by atoms with Gasteiger partial charge in [-0.15, -0.1) is 0 Å². The molecule has 1 unspecified atom stereocenters. The minimum absolute atomic E-state index is 0.00584. The maximum atomic E-state index is 12.6. The van der Waals surface area contributed by atoms with Crippen LogP contribution < -0.4 is 31.9 Å². The number of rotatable bonds is 17. The summed E-state index contributed by atoms with van der Waals surface area (Å²) in [5.41, 5.74) is 1.16. The van der Waals surface area contributed by atoms with Crippen LogP contribution in [0.5, 0.6) is 0 Å². The molecule has 1 aromatic carbocycles. The number of carbonyl (C=O) groups is 6. The second-order valence-corrected chi connectivity index (χ2v) is 9.77. The van der Waals surface area contributed by atoms with Gasteiger partial charge in [0.1, 0.15) is 12.6 Å². The minimum Gasteiger partial charge on any atom is -0.445 e. The first-order valence-corrected chi connectivity index (χ1v) is 14.1. The lowest BCUT2D eigenvalue weighted by Gasteiger charge is -2.21. The van der Waals surface area contributed by atoms with Crippen molar-refractivity contribution in [3.63, 3.8) is 0 Å². The van der Waals surface area contributed by atoms with Gasteiger partial charge in [0, 0.05) is 25.6 Å². The number of unbranched alkanes of at least 4 members (excludes halogenated alkanes) is 2. The molecule has 0 aliphatic carbocycles. The maximum absolute atomic E-state index is 12.6. The fourth-order valence-electron chi connectivity index (χ4n) is 3.25. The summed E-state index contributed by atoms with van der Waals surface area (Å²) in [5, 5.41) is 15.7. The molecule has 0 aromatic heterocycles. The molecule has 1 atom stereocenters. The molecule has 0 saturated carbocycles. The van der Waals surface area contributed by atoms with Crippen molar-refractivity contribution in [3.8, 4) is 0 Å². The lowest BCUT2D eigenvalue weighted by molar-refractivity contribution is -0.130. The van der Waals surface area contributed by atoms with Gasteiger partial charge in [-0.05, 0) is 36.5 Å². The highest BCUT2D eigenvalue weighted by molar-refractivity contribution is 9.09. The van der Waals surface area contributed by atoms with Crippen LogP contribution in [-0.2, 0) is 35.3 Å². The fourth-order valence-corrected chi connectivity index (χ4v) is 3.45. The van der Waals surface area contributed by atoms with Crippen molar-refractivity contribution >= 4 is 57.2 Å². The monoisotopic (exact) mass is 626 g/mol. The summed E-state index contributed by atoms with van der Waals surface area (Å²) >= 11 is 3.07. The van der Waals surface area contributed by atoms with E-state index < -0.39 is 23.9 Å². The van der Waals surface area contributed by atoms with Gasteiger partial charge in [0.05, 0.1) is 18.5 Å². The van der Waals surface area contributed by atoms with Crippen LogP contribution in [0.15, 0.2) is 24.3 Å². The highest BCUT2D eigenvalue weighted by atomic mass is 79.9. The lowest BCUT2D eigenvalue weighted by atomic mass is 10.0. The Morgan fingerprint density at radius 2 is 1.55 bits per heavy atom. The normalized spacial score (nSPS) is 11.1. The second kappa shape index (κ2) is 19.4. The van der Waals surface area contributed by atoms with E-state index in [-0.39, 0.29) is 55.2 Å². The number of halogens is 1. The molecule has 6 amide bonds. The van der Waals surface area contributed by atoms with Gasteiger partial charge < -0.3 is 36.6 Å². The van der Waals surface area contributed by atoms with Crippen LogP contribution in [0.4, 0.5) is 10.5 Å². The molecular formula is C26H39BrN6O7. The van der Waals surface area contributed by atoms with Gasteiger partial charge in [-0.1, -0.05) is 48.3 Å². The number of alkyl halides is 1. The van der Waals surface area contributed by atoms with E-state index in [4.69, 9.17) is 4.74 Å². The van der Waals surface area contributed by atoms with E-state index >= 15 is 0 Å². The summed E-state index contributed by atoms with van der Waals surface area (Å²) in [6, 6.07) is 5.80. The van der Waals surface area contributed by atoms with Crippen molar-refractivity contribution in [1.82, 2.24) is 26.6 Å². The highest BCUT2D eigenvalue weighted by Crippen LogP contribution is 2.11. The van der Waals surface area contributed by atoms with Gasteiger partial charge in [-0.2, -0.15) is 0 Å². The largest absolute Gasteiger partial charge is 0.445 e. The zero-order valence-corrected chi connectivity index (χ0v) is 24.6. The van der Waals surface area contributed by atoms with Gasteiger partial charge in [0.2, 0.25) is 29.5 Å². The number of carbonyl (C=O) groups excluding carboxylic acids is 6. The van der Waals surface area contributed by atoms with Gasteiger partial charge in [0.25, 0.3) is 0 Å². The van der Waals surface area contributed by atoms with E-state index in [1.807, 2.05) is 0 Å². The predicted octanol–water partition coefficient (Wildman–Crippen LogP) is 1.27. The SMILES string of the molecule is CC(=O)NCNC(=O)OCc1ccc(NC(=O)CNC(=O)C(NC(=O)CCCCCNC(=O)CBr)C(C)C)cc1.